The Balaban J connectivity index is 2.32. The van der Waals surface area contributed by atoms with E-state index in [9.17, 15) is 0 Å². The molecule has 1 rings (SSSR count). The first-order chi connectivity index (χ1) is 2.89. The Morgan fingerprint density at radius 1 is 2.00 bits per heavy atom. The predicted molar refractivity (Wildman–Crippen MR) is 23.6 cm³/mol. The van der Waals surface area contributed by atoms with Crippen molar-refractivity contribution < 1.29 is 0 Å². The number of likely N-dealkylation sites (N-methyl/N-ethyl adjacent to an activating group) is 1. The minimum absolute atomic E-state index is 0.972. The van der Waals surface area contributed by atoms with Crippen molar-refractivity contribution in [3.63, 3.8) is 0 Å². The smallest absolute Gasteiger partial charge is 0.0706 e. The van der Waals surface area contributed by atoms with Gasteiger partial charge in [0, 0.05) is 13.6 Å². The molecule has 0 saturated heterocycles. The summed E-state index contributed by atoms with van der Waals surface area (Å²) < 4.78 is 0. The molecule has 0 aromatic carbocycles. The van der Waals surface area contributed by atoms with Crippen LogP contribution in [0.25, 0.3) is 0 Å². The molecule has 0 spiro atoms. The van der Waals surface area contributed by atoms with E-state index >= 15 is 0 Å². The molecule has 1 aliphatic rings. The lowest BCUT2D eigenvalue weighted by atomic mass is 10.6. The third-order valence-corrected chi connectivity index (χ3v) is 0.723. The monoisotopic (exact) mass is 83.1 g/mol. The van der Waals surface area contributed by atoms with Gasteiger partial charge in [0.25, 0.3) is 0 Å². The Kier molecular flexibility index (Phi) is 0.801. The lowest BCUT2D eigenvalue weighted by Crippen LogP contribution is -2.24. The van der Waals surface area contributed by atoms with E-state index in [2.05, 4.69) is 11.6 Å². The van der Waals surface area contributed by atoms with Crippen LogP contribution >= 0.6 is 0 Å². The van der Waals surface area contributed by atoms with Crippen molar-refractivity contribution in [1.29, 1.82) is 0 Å². The number of rotatable bonds is 0. The van der Waals surface area contributed by atoms with E-state index in [0.29, 0.717) is 0 Å². The third kappa shape index (κ3) is 0.518. The van der Waals surface area contributed by atoms with Crippen LogP contribution < -0.4 is 5.43 Å². The zero-order valence-corrected chi connectivity index (χ0v) is 3.73. The highest BCUT2D eigenvalue weighted by molar-refractivity contribution is 4.79. The quantitative estimate of drug-likeness (QED) is 0.434. The van der Waals surface area contributed by atoms with Crippen molar-refractivity contribution in [2.24, 2.45) is 0 Å². The maximum atomic E-state index is 2.85. The molecular weight excluding hydrogens is 76.1 g/mol. The number of hydrazine groups is 1. The molecule has 0 aromatic heterocycles. The maximum Gasteiger partial charge on any atom is 0.0706 e. The molecule has 0 aromatic rings. The van der Waals surface area contributed by atoms with Crippen LogP contribution in [0.4, 0.5) is 0 Å². The highest BCUT2D eigenvalue weighted by Crippen LogP contribution is 1.82. The van der Waals surface area contributed by atoms with Gasteiger partial charge in [-0.15, -0.1) is 0 Å². The van der Waals surface area contributed by atoms with Crippen molar-refractivity contribution in [2.75, 3.05) is 13.6 Å². The summed E-state index contributed by atoms with van der Waals surface area (Å²) in [4.78, 5) is 0. The lowest BCUT2D eigenvalue weighted by molar-refractivity contribution is 0.327. The molecule has 1 N–H and O–H groups in total. The molecule has 33 valence electrons. The summed E-state index contributed by atoms with van der Waals surface area (Å²) in [5.74, 6) is 0. The van der Waals surface area contributed by atoms with E-state index in [1.165, 1.54) is 0 Å². The summed E-state index contributed by atoms with van der Waals surface area (Å²) in [6, 6.07) is 0. The first-order valence-corrected chi connectivity index (χ1v) is 1.93. The van der Waals surface area contributed by atoms with Crippen LogP contribution in [-0.2, 0) is 0 Å². The van der Waals surface area contributed by atoms with Gasteiger partial charge in [-0.05, 0) is 6.08 Å². The highest BCUT2D eigenvalue weighted by Gasteiger charge is 1.93. The summed E-state index contributed by atoms with van der Waals surface area (Å²) in [7, 11) is 1.97. The maximum absolute atomic E-state index is 2.85. The van der Waals surface area contributed by atoms with Crippen LogP contribution in [-0.4, -0.2) is 18.6 Å². The van der Waals surface area contributed by atoms with Gasteiger partial charge < -0.3 is 5.43 Å². The van der Waals surface area contributed by atoms with Crippen LogP contribution in [0.1, 0.15) is 0 Å². The Morgan fingerprint density at radius 3 is 3.00 bits per heavy atom. The van der Waals surface area contributed by atoms with E-state index in [1.807, 2.05) is 18.1 Å². The second-order valence-corrected chi connectivity index (χ2v) is 1.34. The molecule has 2 nitrogen and oxygen atoms in total. The van der Waals surface area contributed by atoms with Gasteiger partial charge >= 0.3 is 0 Å². The summed E-state index contributed by atoms with van der Waals surface area (Å²) in [6.45, 7) is 0.972. The van der Waals surface area contributed by atoms with Gasteiger partial charge in [-0.25, -0.2) is 5.01 Å². The van der Waals surface area contributed by atoms with Gasteiger partial charge in [0.1, 0.15) is 0 Å². The van der Waals surface area contributed by atoms with Crippen LogP contribution in [0.5, 0.6) is 0 Å². The Hall–Kier alpha value is -0.500. The number of hydrogen-bond donors (Lipinski definition) is 1. The van der Waals surface area contributed by atoms with Crippen LogP contribution in [0.15, 0.2) is 6.08 Å². The second-order valence-electron chi connectivity index (χ2n) is 1.34. The van der Waals surface area contributed by atoms with Crippen molar-refractivity contribution >= 4 is 0 Å². The molecule has 2 heteroatoms. The number of hydrogen-bond acceptors (Lipinski definition) is 2. The molecule has 1 heterocycles. The Bertz CT molecular complexity index is 59.9. The molecule has 0 fully saturated rings. The van der Waals surface area contributed by atoms with E-state index in [0.717, 1.165) is 6.54 Å². The standard InChI is InChI=1S/C4H7N2/c1-6-4-2-3-5-6/h2,5H,4H2,1H3. The molecule has 1 aliphatic heterocycles. The van der Waals surface area contributed by atoms with Crippen molar-refractivity contribution in [3.05, 3.63) is 12.3 Å². The first-order valence-electron chi connectivity index (χ1n) is 1.93. The number of nitrogens with zero attached hydrogens (tertiary/aromatic N) is 1. The zero-order valence-electron chi connectivity index (χ0n) is 3.73. The fraction of sp³-hybridized carbons (Fsp3) is 0.500. The van der Waals surface area contributed by atoms with Gasteiger partial charge in [-0.1, -0.05) is 0 Å². The Labute approximate surface area is 37.4 Å². The van der Waals surface area contributed by atoms with E-state index in [1.54, 1.807) is 0 Å². The molecule has 0 amide bonds. The second kappa shape index (κ2) is 1.30. The van der Waals surface area contributed by atoms with Gasteiger partial charge in [0.15, 0.2) is 0 Å². The molecule has 0 saturated carbocycles. The highest BCUT2D eigenvalue weighted by atomic mass is 15.5. The number of nitrogens with one attached hydrogen (secondary N) is 1. The average molecular weight is 83.1 g/mol. The zero-order chi connectivity index (χ0) is 4.41. The van der Waals surface area contributed by atoms with Gasteiger partial charge in [0.2, 0.25) is 0 Å². The fourth-order valence-corrected chi connectivity index (χ4v) is 0.384. The van der Waals surface area contributed by atoms with Gasteiger partial charge in [-0.3, -0.25) is 0 Å². The summed E-state index contributed by atoms with van der Waals surface area (Å²) in [5.41, 5.74) is 2.85. The van der Waals surface area contributed by atoms with Gasteiger partial charge in [0.05, 0.1) is 6.20 Å². The molecule has 0 unspecified atom stereocenters. The van der Waals surface area contributed by atoms with Crippen LogP contribution in [0, 0.1) is 6.20 Å². The Morgan fingerprint density at radius 2 is 2.83 bits per heavy atom. The van der Waals surface area contributed by atoms with Crippen molar-refractivity contribution in [3.8, 4) is 0 Å². The van der Waals surface area contributed by atoms with E-state index in [-0.39, 0.29) is 0 Å². The fourth-order valence-electron chi connectivity index (χ4n) is 0.384. The average Bonchev–Trinajstić information content (AvgIpc) is 1.86. The minimum atomic E-state index is 0.972. The van der Waals surface area contributed by atoms with E-state index in [4.69, 9.17) is 0 Å². The largest absolute Gasteiger partial charge is 0.317 e. The third-order valence-electron chi connectivity index (χ3n) is 0.723. The molecule has 0 aliphatic carbocycles. The van der Waals surface area contributed by atoms with Crippen LogP contribution in [0.3, 0.4) is 0 Å². The molecule has 6 heavy (non-hydrogen) atoms. The van der Waals surface area contributed by atoms with Gasteiger partial charge in [-0.2, -0.15) is 0 Å². The van der Waals surface area contributed by atoms with Crippen molar-refractivity contribution in [1.82, 2.24) is 10.4 Å². The molecule has 1 radical (unpaired) electrons. The first kappa shape index (κ1) is 3.68. The summed E-state index contributed by atoms with van der Waals surface area (Å²) >= 11 is 0. The molecule has 0 atom stereocenters. The summed E-state index contributed by atoms with van der Waals surface area (Å²) in [5, 5.41) is 1.94. The minimum Gasteiger partial charge on any atom is -0.317 e. The predicted octanol–water partition coefficient (Wildman–Crippen LogP) is -0.247. The SMILES string of the molecule is CN1CC=[C]N1. The van der Waals surface area contributed by atoms with Crippen molar-refractivity contribution in [2.45, 2.75) is 0 Å². The summed E-state index contributed by atoms with van der Waals surface area (Å²) in [6.07, 6.45) is 4.77. The topological polar surface area (TPSA) is 15.3 Å². The molecule has 0 bridgehead atoms. The van der Waals surface area contributed by atoms with Crippen LogP contribution in [0.2, 0.25) is 0 Å². The lowest BCUT2D eigenvalue weighted by Gasteiger charge is -2.04. The molecular formula is C4H7N2. The van der Waals surface area contributed by atoms with E-state index < -0.39 is 0 Å². The normalized spacial score (nSPS) is 21.5.